The molecular formula is C16H17FN2O2. The summed E-state index contributed by atoms with van der Waals surface area (Å²) in [5.41, 5.74) is 7.53. The molecule has 0 spiro atoms. The van der Waals surface area contributed by atoms with Crippen molar-refractivity contribution in [2.24, 2.45) is 0 Å². The van der Waals surface area contributed by atoms with Crippen LogP contribution in [0.5, 0.6) is 11.5 Å². The molecule has 0 aromatic heterocycles. The van der Waals surface area contributed by atoms with E-state index in [0.717, 1.165) is 11.3 Å². The lowest BCUT2D eigenvalue weighted by Gasteiger charge is -2.23. The Morgan fingerprint density at radius 2 is 2.10 bits per heavy atom. The van der Waals surface area contributed by atoms with Gasteiger partial charge >= 0.3 is 0 Å². The van der Waals surface area contributed by atoms with Crippen LogP contribution in [-0.2, 0) is 6.54 Å². The fourth-order valence-electron chi connectivity index (χ4n) is 2.51. The number of halogens is 1. The Balaban J connectivity index is 1.97. The van der Waals surface area contributed by atoms with Gasteiger partial charge in [0, 0.05) is 24.2 Å². The number of hydrogen-bond acceptors (Lipinski definition) is 4. The zero-order valence-corrected chi connectivity index (χ0v) is 11.8. The minimum Gasteiger partial charge on any atom is -0.495 e. The Morgan fingerprint density at radius 1 is 1.29 bits per heavy atom. The lowest BCUT2D eigenvalue weighted by molar-refractivity contribution is 0.331. The van der Waals surface area contributed by atoms with Crippen LogP contribution in [0.4, 0.5) is 15.8 Å². The minimum atomic E-state index is -0.354. The van der Waals surface area contributed by atoms with Crippen LogP contribution in [0.15, 0.2) is 36.4 Å². The van der Waals surface area contributed by atoms with Gasteiger partial charge in [-0.1, -0.05) is 18.2 Å². The van der Waals surface area contributed by atoms with Crippen molar-refractivity contribution in [2.45, 2.75) is 6.54 Å². The molecule has 1 heterocycles. The van der Waals surface area contributed by atoms with E-state index in [0.29, 0.717) is 36.8 Å². The highest BCUT2D eigenvalue weighted by Crippen LogP contribution is 2.33. The number of para-hydroxylation sites is 1. The molecule has 110 valence electrons. The molecule has 2 N–H and O–H groups in total. The first-order valence-corrected chi connectivity index (χ1v) is 6.77. The number of fused-ring (bicyclic) bond motifs is 1. The summed E-state index contributed by atoms with van der Waals surface area (Å²) in [5, 5.41) is 0. The molecule has 1 aliphatic rings. The molecule has 21 heavy (non-hydrogen) atoms. The molecule has 2 aromatic carbocycles. The van der Waals surface area contributed by atoms with Gasteiger partial charge < -0.3 is 20.1 Å². The molecule has 0 fully saturated rings. The van der Waals surface area contributed by atoms with Crippen LogP contribution in [0.3, 0.4) is 0 Å². The van der Waals surface area contributed by atoms with Gasteiger partial charge in [-0.2, -0.15) is 0 Å². The predicted octanol–water partition coefficient (Wildman–Crippen LogP) is 2.82. The van der Waals surface area contributed by atoms with Gasteiger partial charge in [-0.3, -0.25) is 0 Å². The molecule has 0 unspecified atom stereocenters. The lowest BCUT2D eigenvalue weighted by atomic mass is 10.1. The summed E-state index contributed by atoms with van der Waals surface area (Å²) in [5.74, 6) is 0.973. The normalized spacial score (nSPS) is 14.1. The van der Waals surface area contributed by atoms with Crippen molar-refractivity contribution >= 4 is 11.4 Å². The van der Waals surface area contributed by atoms with E-state index >= 15 is 0 Å². The van der Waals surface area contributed by atoms with Gasteiger partial charge in [0.15, 0.2) is 0 Å². The van der Waals surface area contributed by atoms with Crippen LogP contribution in [0.2, 0.25) is 0 Å². The summed E-state index contributed by atoms with van der Waals surface area (Å²) in [6.45, 7) is 1.68. The smallest absolute Gasteiger partial charge is 0.148 e. The maximum Gasteiger partial charge on any atom is 0.148 e. The van der Waals surface area contributed by atoms with E-state index in [-0.39, 0.29) is 5.82 Å². The molecule has 1 aliphatic heterocycles. The summed E-state index contributed by atoms with van der Waals surface area (Å²) in [4.78, 5) is 1.93. The Morgan fingerprint density at radius 3 is 2.90 bits per heavy atom. The van der Waals surface area contributed by atoms with Crippen LogP contribution >= 0.6 is 0 Å². The molecule has 2 aromatic rings. The molecule has 3 rings (SSSR count). The molecule has 0 aliphatic carbocycles. The van der Waals surface area contributed by atoms with E-state index < -0.39 is 0 Å². The number of nitrogen functional groups attached to an aromatic ring is 1. The number of benzene rings is 2. The average molecular weight is 288 g/mol. The highest BCUT2D eigenvalue weighted by molar-refractivity contribution is 5.63. The van der Waals surface area contributed by atoms with E-state index in [2.05, 4.69) is 0 Å². The van der Waals surface area contributed by atoms with Gasteiger partial charge in [-0.25, -0.2) is 4.39 Å². The van der Waals surface area contributed by atoms with E-state index in [1.165, 1.54) is 13.2 Å². The highest BCUT2D eigenvalue weighted by Gasteiger charge is 2.19. The first kappa shape index (κ1) is 13.5. The average Bonchev–Trinajstić information content (AvgIpc) is 2.69. The first-order valence-electron chi connectivity index (χ1n) is 6.77. The standard InChI is InChI=1S/C16H17FN2O2/c1-20-16-9-14(12(17)8-13(16)18)19-6-7-21-15-5-3-2-4-11(15)10-19/h2-5,8-9H,6-7,10,18H2,1H3. The number of methoxy groups -OCH3 is 1. The zero-order valence-electron chi connectivity index (χ0n) is 11.8. The maximum absolute atomic E-state index is 14.2. The van der Waals surface area contributed by atoms with Crippen molar-refractivity contribution in [3.05, 3.63) is 47.8 Å². The number of ether oxygens (including phenoxy) is 2. The Bertz CT molecular complexity index is 661. The van der Waals surface area contributed by atoms with Crippen LogP contribution in [-0.4, -0.2) is 20.3 Å². The van der Waals surface area contributed by atoms with E-state index in [9.17, 15) is 4.39 Å². The monoisotopic (exact) mass is 288 g/mol. The third-order valence-electron chi connectivity index (χ3n) is 3.59. The van der Waals surface area contributed by atoms with Gasteiger partial charge in [0.05, 0.1) is 25.0 Å². The third-order valence-corrected chi connectivity index (χ3v) is 3.59. The Hall–Kier alpha value is -2.43. The first-order chi connectivity index (χ1) is 10.2. The second-order valence-corrected chi connectivity index (χ2v) is 4.92. The number of nitrogens with two attached hydrogens (primary N) is 1. The van der Waals surface area contributed by atoms with Crippen LogP contribution in [0.25, 0.3) is 0 Å². The molecule has 4 nitrogen and oxygen atoms in total. The fraction of sp³-hybridized carbons (Fsp3) is 0.250. The summed E-state index contributed by atoms with van der Waals surface area (Å²) in [6.07, 6.45) is 0. The van der Waals surface area contributed by atoms with Crippen LogP contribution < -0.4 is 20.1 Å². The van der Waals surface area contributed by atoms with Crippen molar-refractivity contribution in [1.82, 2.24) is 0 Å². The summed E-state index contributed by atoms with van der Waals surface area (Å²) >= 11 is 0. The van der Waals surface area contributed by atoms with Crippen molar-refractivity contribution in [2.75, 3.05) is 30.9 Å². The van der Waals surface area contributed by atoms with Gasteiger partial charge in [-0.15, -0.1) is 0 Å². The van der Waals surface area contributed by atoms with Crippen LogP contribution in [0.1, 0.15) is 5.56 Å². The van der Waals surface area contributed by atoms with Crippen molar-refractivity contribution in [3.8, 4) is 11.5 Å². The Kier molecular flexibility index (Phi) is 3.56. The Labute approximate surface area is 122 Å². The quantitative estimate of drug-likeness (QED) is 0.863. The largest absolute Gasteiger partial charge is 0.495 e. The third kappa shape index (κ3) is 2.59. The van der Waals surface area contributed by atoms with E-state index in [1.807, 2.05) is 29.2 Å². The molecular weight excluding hydrogens is 271 g/mol. The molecule has 0 saturated heterocycles. The van der Waals surface area contributed by atoms with Crippen molar-refractivity contribution in [3.63, 3.8) is 0 Å². The number of anilines is 2. The predicted molar refractivity (Wildman–Crippen MR) is 80.4 cm³/mol. The molecule has 0 bridgehead atoms. The minimum absolute atomic E-state index is 0.297. The van der Waals surface area contributed by atoms with Crippen LogP contribution in [0, 0.1) is 5.82 Å². The van der Waals surface area contributed by atoms with Crippen molar-refractivity contribution in [1.29, 1.82) is 0 Å². The van der Waals surface area contributed by atoms with Gasteiger partial charge in [0.2, 0.25) is 0 Å². The van der Waals surface area contributed by atoms with Crippen molar-refractivity contribution < 1.29 is 13.9 Å². The molecule has 0 atom stereocenters. The number of nitrogens with zero attached hydrogens (tertiary/aromatic N) is 1. The van der Waals surface area contributed by atoms with E-state index in [1.54, 1.807) is 6.07 Å². The van der Waals surface area contributed by atoms with Gasteiger partial charge in [0.1, 0.15) is 23.9 Å². The highest BCUT2D eigenvalue weighted by atomic mass is 19.1. The number of hydrogen-bond donors (Lipinski definition) is 1. The summed E-state index contributed by atoms with van der Waals surface area (Å²) in [7, 11) is 1.52. The lowest BCUT2D eigenvalue weighted by Crippen LogP contribution is -2.26. The topological polar surface area (TPSA) is 47.7 Å². The maximum atomic E-state index is 14.2. The molecule has 0 radical (unpaired) electrons. The molecule has 0 saturated carbocycles. The summed E-state index contributed by atoms with van der Waals surface area (Å²) < 4.78 is 25.1. The molecule has 5 heteroatoms. The fourth-order valence-corrected chi connectivity index (χ4v) is 2.51. The molecule has 0 amide bonds. The summed E-state index contributed by atoms with van der Waals surface area (Å²) in [6, 6.07) is 10.7. The number of rotatable bonds is 2. The van der Waals surface area contributed by atoms with Gasteiger partial charge in [-0.05, 0) is 6.07 Å². The van der Waals surface area contributed by atoms with E-state index in [4.69, 9.17) is 15.2 Å². The zero-order chi connectivity index (χ0) is 14.8. The second-order valence-electron chi connectivity index (χ2n) is 4.92. The van der Waals surface area contributed by atoms with Gasteiger partial charge in [0.25, 0.3) is 0 Å². The SMILES string of the molecule is COc1cc(N2CCOc3ccccc3C2)c(F)cc1N. The second kappa shape index (κ2) is 5.52.